The zero-order chi connectivity index (χ0) is 13.7. The first-order chi connectivity index (χ1) is 8.45. The Bertz CT molecular complexity index is 365. The van der Waals surface area contributed by atoms with Crippen molar-refractivity contribution in [1.82, 2.24) is 4.90 Å². The molecule has 0 saturated heterocycles. The first-order valence-electron chi connectivity index (χ1n) is 6.52. The lowest BCUT2D eigenvalue weighted by Crippen LogP contribution is -2.36. The predicted molar refractivity (Wildman–Crippen MR) is 77.3 cm³/mol. The Morgan fingerprint density at radius 2 is 1.72 bits per heavy atom. The van der Waals surface area contributed by atoms with Gasteiger partial charge in [0.25, 0.3) is 0 Å². The van der Waals surface area contributed by atoms with E-state index in [9.17, 15) is 0 Å². The van der Waals surface area contributed by atoms with Crippen LogP contribution in [0.15, 0.2) is 12.1 Å². The first kappa shape index (κ1) is 15.0. The molecule has 1 aromatic carbocycles. The Kier molecular flexibility index (Phi) is 5.63. The van der Waals surface area contributed by atoms with E-state index < -0.39 is 0 Å². The molecular weight excluding hydrogens is 224 g/mol. The van der Waals surface area contributed by atoms with Crippen LogP contribution >= 0.6 is 0 Å². The van der Waals surface area contributed by atoms with Gasteiger partial charge in [-0.1, -0.05) is 17.7 Å². The van der Waals surface area contributed by atoms with E-state index in [0.717, 1.165) is 12.2 Å². The summed E-state index contributed by atoms with van der Waals surface area (Å²) in [7, 11) is 4.11. The number of ether oxygens (including phenoxy) is 1. The summed E-state index contributed by atoms with van der Waals surface area (Å²) < 4.78 is 5.92. The third-order valence-electron chi connectivity index (χ3n) is 3.30. The summed E-state index contributed by atoms with van der Waals surface area (Å²) in [5, 5.41) is 0. The van der Waals surface area contributed by atoms with Crippen LogP contribution in [0.1, 0.15) is 23.1 Å². The SMILES string of the molecule is Cc1cc(C)c(OCCC(CN)N(C)C)c(C)c1. The number of hydrogen-bond donors (Lipinski definition) is 1. The summed E-state index contributed by atoms with van der Waals surface area (Å²) in [5.74, 6) is 1.02. The summed E-state index contributed by atoms with van der Waals surface area (Å²) in [6.45, 7) is 7.69. The zero-order valence-corrected chi connectivity index (χ0v) is 12.3. The monoisotopic (exact) mass is 250 g/mol. The summed E-state index contributed by atoms with van der Waals surface area (Å²) in [4.78, 5) is 2.15. The van der Waals surface area contributed by atoms with Crippen LogP contribution in [-0.2, 0) is 0 Å². The van der Waals surface area contributed by atoms with Gasteiger partial charge in [0.15, 0.2) is 0 Å². The lowest BCUT2D eigenvalue weighted by molar-refractivity contribution is 0.224. The minimum Gasteiger partial charge on any atom is -0.493 e. The van der Waals surface area contributed by atoms with Gasteiger partial charge in [0.05, 0.1) is 6.61 Å². The maximum Gasteiger partial charge on any atom is 0.125 e. The average molecular weight is 250 g/mol. The molecule has 0 aliphatic carbocycles. The molecule has 0 radical (unpaired) electrons. The molecule has 1 unspecified atom stereocenters. The van der Waals surface area contributed by atoms with Gasteiger partial charge in [-0.15, -0.1) is 0 Å². The van der Waals surface area contributed by atoms with E-state index in [-0.39, 0.29) is 0 Å². The molecule has 1 aromatic rings. The van der Waals surface area contributed by atoms with Gasteiger partial charge >= 0.3 is 0 Å². The Labute approximate surface area is 111 Å². The fourth-order valence-electron chi connectivity index (χ4n) is 2.28. The number of nitrogens with two attached hydrogens (primary N) is 1. The van der Waals surface area contributed by atoms with E-state index in [4.69, 9.17) is 10.5 Å². The molecule has 1 atom stereocenters. The standard InChI is InChI=1S/C15H26N2O/c1-11-8-12(2)15(13(3)9-11)18-7-6-14(10-16)17(4)5/h8-9,14H,6-7,10,16H2,1-5H3. The van der Waals surface area contributed by atoms with Crippen molar-refractivity contribution >= 4 is 0 Å². The Morgan fingerprint density at radius 1 is 1.17 bits per heavy atom. The lowest BCUT2D eigenvalue weighted by atomic mass is 10.1. The van der Waals surface area contributed by atoms with E-state index in [1.54, 1.807) is 0 Å². The quantitative estimate of drug-likeness (QED) is 0.841. The van der Waals surface area contributed by atoms with E-state index in [1.165, 1.54) is 16.7 Å². The van der Waals surface area contributed by atoms with Crippen molar-refractivity contribution in [2.75, 3.05) is 27.2 Å². The van der Waals surface area contributed by atoms with Gasteiger partial charge in [-0.3, -0.25) is 0 Å². The second kappa shape index (κ2) is 6.76. The second-order valence-electron chi connectivity index (χ2n) is 5.22. The highest BCUT2D eigenvalue weighted by Crippen LogP contribution is 2.24. The molecule has 0 spiro atoms. The Hall–Kier alpha value is -1.06. The van der Waals surface area contributed by atoms with Crippen LogP contribution in [-0.4, -0.2) is 38.2 Å². The Balaban J connectivity index is 2.59. The van der Waals surface area contributed by atoms with Crippen LogP contribution < -0.4 is 10.5 Å². The molecule has 0 amide bonds. The van der Waals surface area contributed by atoms with Gasteiger partial charge in [-0.25, -0.2) is 0 Å². The summed E-state index contributed by atoms with van der Waals surface area (Å²) in [6.07, 6.45) is 0.955. The van der Waals surface area contributed by atoms with E-state index in [0.29, 0.717) is 19.2 Å². The maximum absolute atomic E-state index is 5.92. The van der Waals surface area contributed by atoms with E-state index in [1.807, 2.05) is 0 Å². The molecule has 0 fully saturated rings. The second-order valence-corrected chi connectivity index (χ2v) is 5.22. The van der Waals surface area contributed by atoms with Crippen molar-refractivity contribution in [3.8, 4) is 5.75 Å². The molecule has 1 rings (SSSR count). The molecule has 0 saturated carbocycles. The van der Waals surface area contributed by atoms with Gasteiger partial charge < -0.3 is 15.4 Å². The number of likely N-dealkylation sites (N-methyl/N-ethyl adjacent to an activating group) is 1. The van der Waals surface area contributed by atoms with Crippen molar-refractivity contribution < 1.29 is 4.74 Å². The highest BCUT2D eigenvalue weighted by Gasteiger charge is 2.10. The van der Waals surface area contributed by atoms with Crippen LogP contribution in [0.2, 0.25) is 0 Å². The van der Waals surface area contributed by atoms with Gasteiger partial charge in [-0.2, -0.15) is 0 Å². The molecule has 3 nitrogen and oxygen atoms in total. The third-order valence-corrected chi connectivity index (χ3v) is 3.30. The number of benzene rings is 1. The van der Waals surface area contributed by atoms with Crippen LogP contribution in [0.4, 0.5) is 0 Å². The van der Waals surface area contributed by atoms with Crippen molar-refractivity contribution in [2.24, 2.45) is 5.73 Å². The van der Waals surface area contributed by atoms with Crippen LogP contribution in [0.25, 0.3) is 0 Å². The molecule has 18 heavy (non-hydrogen) atoms. The van der Waals surface area contributed by atoms with E-state index >= 15 is 0 Å². The molecular formula is C15H26N2O. The summed E-state index contributed by atoms with van der Waals surface area (Å²) in [6, 6.07) is 4.71. The van der Waals surface area contributed by atoms with Crippen molar-refractivity contribution in [2.45, 2.75) is 33.2 Å². The summed E-state index contributed by atoms with van der Waals surface area (Å²) >= 11 is 0. The normalized spacial score (nSPS) is 12.8. The molecule has 2 N–H and O–H groups in total. The molecule has 3 heteroatoms. The highest BCUT2D eigenvalue weighted by molar-refractivity contribution is 5.42. The first-order valence-corrected chi connectivity index (χ1v) is 6.52. The molecule has 102 valence electrons. The van der Waals surface area contributed by atoms with Crippen LogP contribution in [0.3, 0.4) is 0 Å². The van der Waals surface area contributed by atoms with E-state index in [2.05, 4.69) is 51.9 Å². The largest absolute Gasteiger partial charge is 0.493 e. The third kappa shape index (κ3) is 4.00. The van der Waals surface area contributed by atoms with Crippen molar-refractivity contribution in [3.63, 3.8) is 0 Å². The Morgan fingerprint density at radius 3 is 2.17 bits per heavy atom. The maximum atomic E-state index is 5.92. The predicted octanol–water partition coefficient (Wildman–Crippen LogP) is 2.27. The molecule has 0 bridgehead atoms. The number of hydrogen-bond acceptors (Lipinski definition) is 3. The van der Waals surface area contributed by atoms with Gasteiger partial charge in [0, 0.05) is 12.6 Å². The number of aryl methyl sites for hydroxylation is 3. The van der Waals surface area contributed by atoms with Gasteiger partial charge in [0.1, 0.15) is 5.75 Å². The summed E-state index contributed by atoms with van der Waals surface area (Å²) in [5.41, 5.74) is 9.44. The van der Waals surface area contributed by atoms with Crippen molar-refractivity contribution in [1.29, 1.82) is 0 Å². The fourth-order valence-corrected chi connectivity index (χ4v) is 2.28. The van der Waals surface area contributed by atoms with Gasteiger partial charge in [0.2, 0.25) is 0 Å². The smallest absolute Gasteiger partial charge is 0.125 e. The fraction of sp³-hybridized carbons (Fsp3) is 0.600. The zero-order valence-electron chi connectivity index (χ0n) is 12.3. The van der Waals surface area contributed by atoms with Crippen molar-refractivity contribution in [3.05, 3.63) is 28.8 Å². The van der Waals surface area contributed by atoms with Crippen LogP contribution in [0.5, 0.6) is 5.75 Å². The molecule has 0 aliphatic rings. The van der Waals surface area contributed by atoms with Gasteiger partial charge in [-0.05, 0) is 52.4 Å². The minimum atomic E-state index is 0.385. The number of nitrogens with zero attached hydrogens (tertiary/aromatic N) is 1. The lowest BCUT2D eigenvalue weighted by Gasteiger charge is -2.23. The molecule has 0 aliphatic heterocycles. The molecule has 0 aromatic heterocycles. The molecule has 0 heterocycles. The highest BCUT2D eigenvalue weighted by atomic mass is 16.5. The number of rotatable bonds is 6. The minimum absolute atomic E-state index is 0.385. The average Bonchev–Trinajstić information content (AvgIpc) is 2.26. The topological polar surface area (TPSA) is 38.5 Å². The van der Waals surface area contributed by atoms with Crippen LogP contribution in [0, 0.1) is 20.8 Å².